The lowest BCUT2D eigenvalue weighted by molar-refractivity contribution is 0.297. The number of hydrogen-bond acceptors (Lipinski definition) is 2. The van der Waals surface area contributed by atoms with Crippen molar-refractivity contribution in [2.45, 2.75) is 13.3 Å². The smallest absolute Gasteiger partial charge is 0.151 e. The molecule has 0 unspecified atom stereocenters. The van der Waals surface area contributed by atoms with Crippen molar-refractivity contribution in [2.75, 3.05) is 6.61 Å². The lowest BCUT2D eigenvalue weighted by Gasteiger charge is -2.07. The van der Waals surface area contributed by atoms with Gasteiger partial charge in [-0.05, 0) is 12.5 Å². The summed E-state index contributed by atoms with van der Waals surface area (Å²) in [6.07, 6.45) is 0.522. The Labute approximate surface area is 106 Å². The fraction of sp³-hybridized carbons (Fsp3) is 0.308. The predicted molar refractivity (Wildman–Crippen MR) is 69.2 cm³/mol. The van der Waals surface area contributed by atoms with E-state index in [1.54, 1.807) is 0 Å². The Morgan fingerprint density at radius 2 is 2.06 bits per heavy atom. The molecule has 1 aromatic heterocycles. The molecule has 0 saturated carbocycles. The van der Waals surface area contributed by atoms with Crippen molar-refractivity contribution in [1.29, 1.82) is 0 Å². The SMILES string of the molecule is Cc1ccccc1-c1nc(Cl)c(CCO)n1C. The highest BCUT2D eigenvalue weighted by molar-refractivity contribution is 6.30. The van der Waals surface area contributed by atoms with Crippen LogP contribution in [-0.2, 0) is 13.5 Å². The van der Waals surface area contributed by atoms with Crippen LogP contribution in [0.15, 0.2) is 24.3 Å². The third-order valence-corrected chi connectivity index (χ3v) is 3.20. The molecular weight excluding hydrogens is 236 g/mol. The molecule has 3 nitrogen and oxygen atoms in total. The Morgan fingerprint density at radius 3 is 2.71 bits per heavy atom. The van der Waals surface area contributed by atoms with Gasteiger partial charge in [0.25, 0.3) is 0 Å². The van der Waals surface area contributed by atoms with Gasteiger partial charge in [-0.2, -0.15) is 0 Å². The van der Waals surface area contributed by atoms with E-state index in [-0.39, 0.29) is 6.61 Å². The number of halogens is 1. The highest BCUT2D eigenvalue weighted by atomic mass is 35.5. The fourth-order valence-electron chi connectivity index (χ4n) is 1.94. The first-order chi connectivity index (χ1) is 8.15. The molecule has 0 bridgehead atoms. The summed E-state index contributed by atoms with van der Waals surface area (Å²) in [7, 11) is 1.92. The predicted octanol–water partition coefficient (Wildman–Crippen LogP) is 2.58. The minimum Gasteiger partial charge on any atom is -0.396 e. The van der Waals surface area contributed by atoms with Crippen LogP contribution >= 0.6 is 11.6 Å². The number of benzene rings is 1. The normalized spacial score (nSPS) is 10.8. The van der Waals surface area contributed by atoms with Gasteiger partial charge in [-0.25, -0.2) is 4.98 Å². The van der Waals surface area contributed by atoms with Crippen LogP contribution in [0.5, 0.6) is 0 Å². The molecule has 0 aliphatic heterocycles. The number of rotatable bonds is 3. The zero-order valence-corrected chi connectivity index (χ0v) is 10.7. The van der Waals surface area contributed by atoms with Crippen LogP contribution in [0.1, 0.15) is 11.3 Å². The molecule has 1 aromatic carbocycles. The molecule has 0 saturated heterocycles. The molecule has 0 amide bonds. The largest absolute Gasteiger partial charge is 0.396 e. The van der Waals surface area contributed by atoms with Gasteiger partial charge in [0.15, 0.2) is 5.15 Å². The van der Waals surface area contributed by atoms with Gasteiger partial charge in [0.05, 0.1) is 5.69 Å². The van der Waals surface area contributed by atoms with E-state index in [9.17, 15) is 0 Å². The van der Waals surface area contributed by atoms with Gasteiger partial charge in [0, 0.05) is 25.6 Å². The van der Waals surface area contributed by atoms with Crippen LogP contribution < -0.4 is 0 Å². The number of hydrogen-bond donors (Lipinski definition) is 1. The molecule has 1 heterocycles. The molecule has 0 aliphatic rings. The number of imidazole rings is 1. The molecule has 17 heavy (non-hydrogen) atoms. The molecule has 4 heteroatoms. The highest BCUT2D eigenvalue weighted by Gasteiger charge is 2.14. The number of aliphatic hydroxyl groups is 1. The van der Waals surface area contributed by atoms with Crippen molar-refractivity contribution in [3.63, 3.8) is 0 Å². The topological polar surface area (TPSA) is 38.1 Å². The molecule has 0 atom stereocenters. The van der Waals surface area contributed by atoms with Crippen molar-refractivity contribution < 1.29 is 5.11 Å². The first-order valence-corrected chi connectivity index (χ1v) is 5.91. The van der Waals surface area contributed by atoms with Gasteiger partial charge in [0.2, 0.25) is 0 Å². The van der Waals surface area contributed by atoms with Crippen molar-refractivity contribution >= 4 is 11.6 Å². The van der Waals surface area contributed by atoms with Crippen LogP contribution in [-0.4, -0.2) is 21.3 Å². The minimum atomic E-state index is 0.0759. The summed E-state index contributed by atoms with van der Waals surface area (Å²) in [6, 6.07) is 8.05. The van der Waals surface area contributed by atoms with Crippen LogP contribution in [0.4, 0.5) is 0 Å². The van der Waals surface area contributed by atoms with Crippen LogP contribution in [0, 0.1) is 6.92 Å². The molecule has 1 N–H and O–H groups in total. The summed E-state index contributed by atoms with van der Waals surface area (Å²) in [6.45, 7) is 2.12. The molecule has 2 aromatic rings. The summed E-state index contributed by atoms with van der Waals surface area (Å²) in [5, 5.41) is 9.48. The van der Waals surface area contributed by atoms with Gasteiger partial charge in [-0.15, -0.1) is 0 Å². The van der Waals surface area contributed by atoms with Gasteiger partial charge in [0.1, 0.15) is 5.82 Å². The Bertz CT molecular complexity index is 534. The molecule has 2 rings (SSSR count). The van der Waals surface area contributed by atoms with Gasteiger partial charge in [-0.1, -0.05) is 35.9 Å². The average Bonchev–Trinajstić information content (AvgIpc) is 2.58. The Balaban J connectivity index is 2.54. The van der Waals surface area contributed by atoms with E-state index in [1.165, 1.54) is 0 Å². The zero-order valence-electron chi connectivity index (χ0n) is 9.94. The fourth-order valence-corrected chi connectivity index (χ4v) is 2.24. The van der Waals surface area contributed by atoms with Gasteiger partial charge < -0.3 is 9.67 Å². The highest BCUT2D eigenvalue weighted by Crippen LogP contribution is 2.26. The quantitative estimate of drug-likeness (QED) is 0.909. The number of aryl methyl sites for hydroxylation is 1. The lowest BCUT2D eigenvalue weighted by Crippen LogP contribution is -2.02. The third kappa shape index (κ3) is 2.21. The second kappa shape index (κ2) is 4.90. The molecule has 0 spiro atoms. The van der Waals surface area contributed by atoms with Crippen molar-refractivity contribution in [1.82, 2.24) is 9.55 Å². The molecule has 0 radical (unpaired) electrons. The summed E-state index contributed by atoms with van der Waals surface area (Å²) in [4.78, 5) is 4.38. The monoisotopic (exact) mass is 250 g/mol. The van der Waals surface area contributed by atoms with Crippen LogP contribution in [0.25, 0.3) is 11.4 Å². The Kier molecular flexibility index (Phi) is 3.50. The number of aromatic nitrogens is 2. The van der Waals surface area contributed by atoms with E-state index >= 15 is 0 Å². The summed E-state index contributed by atoms with van der Waals surface area (Å²) in [5.74, 6) is 0.844. The maximum atomic E-state index is 9.00. The standard InChI is InChI=1S/C13H15ClN2O/c1-9-5-3-4-6-10(9)13-15-12(14)11(7-8-17)16(13)2/h3-6,17H,7-8H2,1-2H3. The lowest BCUT2D eigenvalue weighted by atomic mass is 10.1. The summed E-state index contributed by atoms with van der Waals surface area (Å²) >= 11 is 6.09. The van der Waals surface area contributed by atoms with E-state index < -0.39 is 0 Å². The van der Waals surface area contributed by atoms with E-state index in [0.717, 1.165) is 22.6 Å². The van der Waals surface area contributed by atoms with Gasteiger partial charge in [-0.3, -0.25) is 0 Å². The van der Waals surface area contributed by atoms with E-state index in [4.69, 9.17) is 16.7 Å². The number of aliphatic hydroxyl groups excluding tert-OH is 1. The molecule has 0 aliphatic carbocycles. The number of nitrogens with zero attached hydrogens (tertiary/aromatic N) is 2. The first kappa shape index (κ1) is 12.1. The first-order valence-electron chi connectivity index (χ1n) is 5.53. The van der Waals surface area contributed by atoms with Crippen LogP contribution in [0.3, 0.4) is 0 Å². The molecule has 90 valence electrons. The summed E-state index contributed by atoms with van der Waals surface area (Å²) in [5.41, 5.74) is 3.10. The van der Waals surface area contributed by atoms with Crippen molar-refractivity contribution in [3.8, 4) is 11.4 Å². The Hall–Kier alpha value is -1.32. The second-order valence-corrected chi connectivity index (χ2v) is 4.38. The second-order valence-electron chi connectivity index (χ2n) is 4.02. The molecule has 0 fully saturated rings. The maximum absolute atomic E-state index is 9.00. The third-order valence-electron chi connectivity index (χ3n) is 2.90. The van der Waals surface area contributed by atoms with E-state index in [0.29, 0.717) is 11.6 Å². The van der Waals surface area contributed by atoms with Crippen LogP contribution in [0.2, 0.25) is 5.15 Å². The average molecular weight is 251 g/mol. The van der Waals surface area contributed by atoms with Crippen molar-refractivity contribution in [3.05, 3.63) is 40.7 Å². The molecular formula is C13H15ClN2O. The Morgan fingerprint density at radius 1 is 1.35 bits per heavy atom. The summed E-state index contributed by atoms with van der Waals surface area (Å²) < 4.78 is 1.95. The van der Waals surface area contributed by atoms with E-state index in [1.807, 2.05) is 42.8 Å². The van der Waals surface area contributed by atoms with Crippen molar-refractivity contribution in [2.24, 2.45) is 7.05 Å². The zero-order chi connectivity index (χ0) is 12.4. The minimum absolute atomic E-state index is 0.0759. The maximum Gasteiger partial charge on any atom is 0.151 e. The van der Waals surface area contributed by atoms with Gasteiger partial charge >= 0.3 is 0 Å². The van der Waals surface area contributed by atoms with E-state index in [2.05, 4.69) is 4.98 Å².